The molecule has 0 radical (unpaired) electrons. The van der Waals surface area contributed by atoms with Gasteiger partial charge in [-0.05, 0) is 43.1 Å². The first kappa shape index (κ1) is 16.1. The monoisotopic (exact) mass is 304 g/mol. The van der Waals surface area contributed by atoms with Gasteiger partial charge in [0.2, 0.25) is 5.90 Å². The SMILES string of the molecule is Cc1ccc(C2CNN=C2O[Si](C)(C)C(C)(C)C)c(C)c1. The Balaban J connectivity index is 2.25. The Labute approximate surface area is 129 Å². The van der Waals surface area contributed by atoms with Crippen LogP contribution in [0.1, 0.15) is 43.4 Å². The van der Waals surface area contributed by atoms with Crippen LogP contribution in [-0.4, -0.2) is 20.8 Å². The molecule has 1 atom stereocenters. The Morgan fingerprint density at radius 1 is 1.24 bits per heavy atom. The molecule has 0 saturated heterocycles. The number of hydrogen-bond acceptors (Lipinski definition) is 3. The Morgan fingerprint density at radius 2 is 1.90 bits per heavy atom. The van der Waals surface area contributed by atoms with E-state index in [2.05, 4.69) is 76.4 Å². The minimum Gasteiger partial charge on any atom is -0.532 e. The van der Waals surface area contributed by atoms with E-state index in [-0.39, 0.29) is 11.0 Å². The minimum atomic E-state index is -1.84. The first-order valence-corrected chi connectivity index (χ1v) is 10.6. The number of benzene rings is 1. The lowest BCUT2D eigenvalue weighted by atomic mass is 9.94. The van der Waals surface area contributed by atoms with E-state index >= 15 is 0 Å². The lowest BCUT2D eigenvalue weighted by Gasteiger charge is -2.37. The molecule has 0 amide bonds. The van der Waals surface area contributed by atoms with Gasteiger partial charge >= 0.3 is 0 Å². The maximum absolute atomic E-state index is 6.44. The third-order valence-electron chi connectivity index (χ3n) is 4.75. The van der Waals surface area contributed by atoms with Gasteiger partial charge in [-0.15, -0.1) is 5.10 Å². The van der Waals surface area contributed by atoms with Crippen LogP contribution in [0.2, 0.25) is 18.1 Å². The van der Waals surface area contributed by atoms with Crippen molar-refractivity contribution in [2.75, 3.05) is 6.54 Å². The summed E-state index contributed by atoms with van der Waals surface area (Å²) in [5.74, 6) is 1.10. The lowest BCUT2D eigenvalue weighted by Crippen LogP contribution is -2.43. The molecule has 1 aromatic rings. The Hall–Kier alpha value is -1.29. The van der Waals surface area contributed by atoms with E-state index in [0.717, 1.165) is 12.4 Å². The van der Waals surface area contributed by atoms with E-state index < -0.39 is 8.32 Å². The fourth-order valence-corrected chi connectivity index (χ4v) is 3.37. The molecule has 0 aromatic heterocycles. The molecular formula is C17H28N2OSi. The van der Waals surface area contributed by atoms with Crippen LogP contribution >= 0.6 is 0 Å². The summed E-state index contributed by atoms with van der Waals surface area (Å²) in [4.78, 5) is 0. The van der Waals surface area contributed by atoms with Gasteiger partial charge in [0, 0.05) is 6.54 Å². The van der Waals surface area contributed by atoms with E-state index in [0.29, 0.717) is 0 Å². The van der Waals surface area contributed by atoms with Crippen LogP contribution in [0.5, 0.6) is 0 Å². The van der Waals surface area contributed by atoms with Gasteiger partial charge in [0.25, 0.3) is 8.32 Å². The summed E-state index contributed by atoms with van der Waals surface area (Å²) < 4.78 is 6.44. The van der Waals surface area contributed by atoms with E-state index in [1.54, 1.807) is 0 Å². The van der Waals surface area contributed by atoms with Gasteiger partial charge in [0.15, 0.2) is 0 Å². The molecule has 0 saturated carbocycles. The van der Waals surface area contributed by atoms with E-state index in [4.69, 9.17) is 4.43 Å². The molecule has 3 nitrogen and oxygen atoms in total. The third-order valence-corrected chi connectivity index (χ3v) is 9.08. The summed E-state index contributed by atoms with van der Waals surface area (Å²) in [6.45, 7) is 16.4. The van der Waals surface area contributed by atoms with Crippen molar-refractivity contribution < 1.29 is 4.43 Å². The van der Waals surface area contributed by atoms with Gasteiger partial charge in [-0.2, -0.15) is 0 Å². The van der Waals surface area contributed by atoms with Crippen LogP contribution in [-0.2, 0) is 4.43 Å². The van der Waals surface area contributed by atoms with Crippen molar-refractivity contribution >= 4 is 14.2 Å². The zero-order valence-electron chi connectivity index (χ0n) is 14.4. The molecule has 1 aliphatic rings. The van der Waals surface area contributed by atoms with Gasteiger partial charge < -0.3 is 9.85 Å². The molecule has 4 heteroatoms. The summed E-state index contributed by atoms with van der Waals surface area (Å²) in [6.07, 6.45) is 0. The topological polar surface area (TPSA) is 33.6 Å². The molecule has 0 bridgehead atoms. The summed E-state index contributed by atoms with van der Waals surface area (Å²) in [5, 5.41) is 4.62. The summed E-state index contributed by atoms with van der Waals surface area (Å²) >= 11 is 0. The molecule has 1 N–H and O–H groups in total. The second kappa shape index (κ2) is 5.48. The molecule has 0 spiro atoms. The third kappa shape index (κ3) is 3.31. The lowest BCUT2D eigenvalue weighted by molar-refractivity contribution is 0.471. The van der Waals surface area contributed by atoms with Crippen LogP contribution in [0.15, 0.2) is 23.3 Å². The van der Waals surface area contributed by atoms with E-state index in [1.807, 2.05) is 0 Å². The Kier molecular flexibility index (Phi) is 4.20. The predicted molar refractivity (Wildman–Crippen MR) is 92.4 cm³/mol. The smallest absolute Gasteiger partial charge is 0.252 e. The highest BCUT2D eigenvalue weighted by Crippen LogP contribution is 2.38. The minimum absolute atomic E-state index is 0.185. The van der Waals surface area contributed by atoms with Gasteiger partial charge in [-0.25, -0.2) is 0 Å². The maximum Gasteiger partial charge on any atom is 0.252 e. The van der Waals surface area contributed by atoms with Crippen molar-refractivity contribution in [3.63, 3.8) is 0 Å². The molecule has 1 aromatic carbocycles. The highest BCUT2D eigenvalue weighted by molar-refractivity contribution is 6.75. The molecule has 2 rings (SSSR count). The van der Waals surface area contributed by atoms with Crippen LogP contribution in [0.3, 0.4) is 0 Å². The van der Waals surface area contributed by atoms with Crippen LogP contribution in [0.4, 0.5) is 0 Å². The number of nitrogens with one attached hydrogen (secondary N) is 1. The highest BCUT2D eigenvalue weighted by atomic mass is 28.4. The number of rotatable bonds is 2. The molecule has 1 unspecified atom stereocenters. The molecule has 0 aliphatic carbocycles. The summed E-state index contributed by atoms with van der Waals surface area (Å²) in [5.41, 5.74) is 7.06. The van der Waals surface area contributed by atoms with Gasteiger partial charge in [0.1, 0.15) is 0 Å². The van der Waals surface area contributed by atoms with Crippen molar-refractivity contribution in [3.05, 3.63) is 34.9 Å². The van der Waals surface area contributed by atoms with Crippen LogP contribution in [0, 0.1) is 13.8 Å². The van der Waals surface area contributed by atoms with Crippen molar-refractivity contribution in [3.8, 4) is 0 Å². The van der Waals surface area contributed by atoms with Gasteiger partial charge in [0.05, 0.1) is 5.92 Å². The number of aryl methyl sites for hydroxylation is 2. The summed E-state index contributed by atoms with van der Waals surface area (Å²) in [7, 11) is -1.84. The van der Waals surface area contributed by atoms with Crippen molar-refractivity contribution in [2.45, 2.75) is 58.7 Å². The zero-order valence-corrected chi connectivity index (χ0v) is 15.4. The number of hydrazone groups is 1. The fraction of sp³-hybridized carbons (Fsp3) is 0.588. The molecule has 0 fully saturated rings. The second-order valence-electron chi connectivity index (χ2n) is 7.59. The molecule has 116 valence electrons. The molecular weight excluding hydrogens is 276 g/mol. The normalized spacial score (nSPS) is 19.2. The number of hydrogen-bond donors (Lipinski definition) is 1. The van der Waals surface area contributed by atoms with Gasteiger partial charge in [-0.1, -0.05) is 44.5 Å². The first-order valence-electron chi connectivity index (χ1n) is 7.68. The zero-order chi connectivity index (χ0) is 15.8. The van der Waals surface area contributed by atoms with E-state index in [1.165, 1.54) is 16.7 Å². The van der Waals surface area contributed by atoms with Crippen LogP contribution in [0.25, 0.3) is 0 Å². The predicted octanol–water partition coefficient (Wildman–Crippen LogP) is 4.33. The van der Waals surface area contributed by atoms with Crippen molar-refractivity contribution in [1.29, 1.82) is 0 Å². The number of nitrogens with zero attached hydrogens (tertiary/aromatic N) is 1. The highest BCUT2D eigenvalue weighted by Gasteiger charge is 2.42. The Morgan fingerprint density at radius 3 is 2.48 bits per heavy atom. The standard InChI is InChI=1S/C17H28N2OSi/c1-12-8-9-14(13(2)10-12)15-11-18-19-16(15)20-21(6,7)17(3,4)5/h8-10,15,18H,11H2,1-7H3. The van der Waals surface area contributed by atoms with Crippen molar-refractivity contribution in [2.24, 2.45) is 5.10 Å². The van der Waals surface area contributed by atoms with E-state index in [9.17, 15) is 0 Å². The molecule has 21 heavy (non-hydrogen) atoms. The quantitative estimate of drug-likeness (QED) is 0.825. The average molecular weight is 305 g/mol. The largest absolute Gasteiger partial charge is 0.532 e. The van der Waals surface area contributed by atoms with Gasteiger partial charge in [-0.3, -0.25) is 0 Å². The summed E-state index contributed by atoms with van der Waals surface area (Å²) in [6, 6.07) is 6.62. The maximum atomic E-state index is 6.44. The second-order valence-corrected chi connectivity index (χ2v) is 12.3. The Bertz CT molecular complexity index is 558. The average Bonchev–Trinajstić information content (AvgIpc) is 2.75. The first-order chi connectivity index (χ1) is 9.62. The fourth-order valence-electron chi connectivity index (χ4n) is 2.35. The van der Waals surface area contributed by atoms with Crippen molar-refractivity contribution in [1.82, 2.24) is 5.43 Å². The molecule has 1 aliphatic heterocycles. The molecule has 1 heterocycles. The van der Waals surface area contributed by atoms with Crippen LogP contribution < -0.4 is 5.43 Å².